The molecule has 9 heteroatoms. The summed E-state index contributed by atoms with van der Waals surface area (Å²) in [5, 5.41) is 0. The third-order valence-electron chi connectivity index (χ3n) is 6.80. The molecule has 2 aliphatic heterocycles. The molecular weight excluding hydrogens is 507 g/mol. The Bertz CT molecular complexity index is 766. The van der Waals surface area contributed by atoms with Crippen LogP contribution in [0, 0.1) is 17.3 Å². The van der Waals surface area contributed by atoms with Gasteiger partial charge in [-0.2, -0.15) is 0 Å². The second-order valence-corrected chi connectivity index (χ2v) is 9.96. The highest BCUT2D eigenvalue weighted by Crippen LogP contribution is 2.64. The lowest BCUT2D eigenvalue weighted by atomic mass is 9.60. The number of hydrogen-bond acceptors (Lipinski definition) is 8. The molecule has 3 fully saturated rings. The highest BCUT2D eigenvalue weighted by atomic mass is 127. The van der Waals surface area contributed by atoms with Gasteiger partial charge in [-0.05, 0) is 44.9 Å². The summed E-state index contributed by atoms with van der Waals surface area (Å²) in [5.74, 6) is -1.42. The maximum atomic E-state index is 12.1. The Kier molecular flexibility index (Phi) is 6.15. The van der Waals surface area contributed by atoms with Gasteiger partial charge in [0.15, 0.2) is 12.4 Å². The van der Waals surface area contributed by atoms with Crippen LogP contribution in [-0.2, 0) is 38.1 Å². The fourth-order valence-corrected chi connectivity index (χ4v) is 6.75. The molecule has 0 bridgehead atoms. The van der Waals surface area contributed by atoms with E-state index in [1.165, 1.54) is 24.4 Å². The maximum Gasteiger partial charge on any atom is 0.303 e. The van der Waals surface area contributed by atoms with Crippen LogP contribution in [0.3, 0.4) is 0 Å². The molecule has 2 heterocycles. The van der Waals surface area contributed by atoms with Gasteiger partial charge >= 0.3 is 17.9 Å². The van der Waals surface area contributed by atoms with Crippen LogP contribution in [0.4, 0.5) is 0 Å². The molecule has 0 N–H and O–H groups in total. The van der Waals surface area contributed by atoms with Gasteiger partial charge in [0.2, 0.25) is 0 Å². The van der Waals surface area contributed by atoms with Gasteiger partial charge in [-0.25, -0.2) is 0 Å². The van der Waals surface area contributed by atoms with Crippen molar-refractivity contribution in [3.8, 4) is 0 Å². The van der Waals surface area contributed by atoms with Gasteiger partial charge in [0, 0.05) is 32.6 Å². The molecule has 0 radical (unpaired) electrons. The first-order chi connectivity index (χ1) is 14.2. The summed E-state index contributed by atoms with van der Waals surface area (Å²) in [4.78, 5) is 35.3. The Hall–Kier alpha value is -1.20. The van der Waals surface area contributed by atoms with Crippen LogP contribution in [0.25, 0.3) is 0 Å². The van der Waals surface area contributed by atoms with Crippen LogP contribution in [0.15, 0.2) is 9.66 Å². The Labute approximate surface area is 189 Å². The zero-order valence-corrected chi connectivity index (χ0v) is 19.5. The van der Waals surface area contributed by atoms with E-state index in [0.717, 1.165) is 25.7 Å². The van der Waals surface area contributed by atoms with Crippen molar-refractivity contribution < 1.29 is 38.1 Å². The lowest BCUT2D eigenvalue weighted by molar-refractivity contribution is -0.276. The quantitative estimate of drug-likeness (QED) is 0.309. The minimum atomic E-state index is -0.880. The third-order valence-corrected chi connectivity index (χ3v) is 7.60. The third kappa shape index (κ3) is 3.77. The van der Waals surface area contributed by atoms with Crippen molar-refractivity contribution in [3.05, 3.63) is 9.66 Å². The summed E-state index contributed by atoms with van der Waals surface area (Å²) in [6.07, 6.45) is 3.05. The second-order valence-electron chi connectivity index (χ2n) is 8.57. The van der Waals surface area contributed by atoms with Crippen molar-refractivity contribution in [1.82, 2.24) is 0 Å². The van der Waals surface area contributed by atoms with Crippen LogP contribution in [0.1, 0.15) is 46.5 Å². The Balaban J connectivity index is 1.73. The van der Waals surface area contributed by atoms with Crippen LogP contribution < -0.4 is 0 Å². The first kappa shape index (κ1) is 22.0. The highest BCUT2D eigenvalue weighted by Gasteiger charge is 2.69. The van der Waals surface area contributed by atoms with E-state index < -0.39 is 42.5 Å². The molecule has 166 valence electrons. The van der Waals surface area contributed by atoms with Crippen molar-refractivity contribution in [2.24, 2.45) is 17.3 Å². The van der Waals surface area contributed by atoms with Crippen LogP contribution in [-0.4, -0.2) is 55.2 Å². The van der Waals surface area contributed by atoms with Gasteiger partial charge in [0.05, 0.1) is 12.0 Å². The van der Waals surface area contributed by atoms with Crippen LogP contribution in [0.5, 0.6) is 0 Å². The molecule has 8 atom stereocenters. The van der Waals surface area contributed by atoms with Gasteiger partial charge in [0.1, 0.15) is 18.8 Å². The lowest BCUT2D eigenvalue weighted by Gasteiger charge is -2.49. The Morgan fingerprint density at radius 3 is 2.47 bits per heavy atom. The molecule has 30 heavy (non-hydrogen) atoms. The van der Waals surface area contributed by atoms with Crippen molar-refractivity contribution in [1.29, 1.82) is 0 Å². The number of fused-ring (bicyclic) bond motifs is 1. The molecular formula is C21H27IO8. The van der Waals surface area contributed by atoms with E-state index in [-0.39, 0.29) is 24.0 Å². The lowest BCUT2D eigenvalue weighted by Crippen LogP contribution is -2.61. The molecule has 4 rings (SSSR count). The molecule has 1 saturated carbocycles. The first-order valence-electron chi connectivity index (χ1n) is 10.4. The predicted octanol–water partition coefficient (Wildman–Crippen LogP) is 2.66. The zero-order chi connectivity index (χ0) is 21.6. The maximum absolute atomic E-state index is 12.1. The number of halogens is 1. The summed E-state index contributed by atoms with van der Waals surface area (Å²) >= 11 is 2.36. The van der Waals surface area contributed by atoms with E-state index in [2.05, 4.69) is 28.7 Å². The SMILES string of the molecule is CC(=O)OC[C@H]1O[C@@H]2O[C@H]3CC(I)=C[C@H]4CCC[C@@]34[C@@H]2[C@@H](OC(C)=O)[C@@H]1OC(C)=O. The van der Waals surface area contributed by atoms with E-state index in [9.17, 15) is 14.4 Å². The Morgan fingerprint density at radius 1 is 1.10 bits per heavy atom. The molecule has 0 amide bonds. The van der Waals surface area contributed by atoms with E-state index >= 15 is 0 Å². The van der Waals surface area contributed by atoms with E-state index in [1.807, 2.05) is 0 Å². The number of carbonyl (C=O) groups excluding carboxylic acids is 3. The number of carbonyl (C=O) groups is 3. The fourth-order valence-electron chi connectivity index (χ4n) is 5.92. The minimum absolute atomic E-state index is 0.0552. The monoisotopic (exact) mass is 534 g/mol. The van der Waals surface area contributed by atoms with E-state index in [1.54, 1.807) is 0 Å². The van der Waals surface area contributed by atoms with E-state index in [4.69, 9.17) is 23.7 Å². The summed E-state index contributed by atoms with van der Waals surface area (Å²) < 4.78 is 30.4. The molecule has 4 aliphatic rings. The minimum Gasteiger partial charge on any atom is -0.463 e. The summed E-state index contributed by atoms with van der Waals surface area (Å²) in [5.41, 5.74) is -0.232. The van der Waals surface area contributed by atoms with Gasteiger partial charge in [-0.1, -0.05) is 12.5 Å². The van der Waals surface area contributed by atoms with Crippen LogP contribution >= 0.6 is 22.6 Å². The highest BCUT2D eigenvalue weighted by molar-refractivity contribution is 14.1. The normalized spacial score (nSPS) is 41.7. The molecule has 2 saturated heterocycles. The van der Waals surface area contributed by atoms with Crippen LogP contribution in [0.2, 0.25) is 0 Å². The zero-order valence-electron chi connectivity index (χ0n) is 17.3. The smallest absolute Gasteiger partial charge is 0.303 e. The van der Waals surface area contributed by atoms with Gasteiger partial charge in [-0.15, -0.1) is 0 Å². The van der Waals surface area contributed by atoms with Gasteiger partial charge in [0.25, 0.3) is 0 Å². The summed E-state index contributed by atoms with van der Waals surface area (Å²) in [7, 11) is 0. The topological polar surface area (TPSA) is 97.4 Å². The number of rotatable bonds is 4. The molecule has 0 aromatic heterocycles. The number of ether oxygens (including phenoxy) is 5. The molecule has 0 unspecified atom stereocenters. The second kappa shape index (κ2) is 8.38. The number of hydrogen-bond donors (Lipinski definition) is 0. The van der Waals surface area contributed by atoms with Gasteiger partial charge < -0.3 is 23.7 Å². The van der Waals surface area contributed by atoms with Crippen molar-refractivity contribution in [2.45, 2.75) is 77.2 Å². The van der Waals surface area contributed by atoms with Crippen molar-refractivity contribution in [2.75, 3.05) is 6.61 Å². The average Bonchev–Trinajstić information content (AvgIpc) is 3.19. The first-order valence-corrected chi connectivity index (χ1v) is 11.4. The molecule has 1 spiro atoms. The largest absolute Gasteiger partial charge is 0.463 e. The van der Waals surface area contributed by atoms with Gasteiger partial charge in [-0.3, -0.25) is 14.4 Å². The summed E-state index contributed by atoms with van der Waals surface area (Å²) in [6, 6.07) is 0. The predicted molar refractivity (Wildman–Crippen MR) is 111 cm³/mol. The van der Waals surface area contributed by atoms with Crippen molar-refractivity contribution >= 4 is 40.5 Å². The number of allylic oxidation sites excluding steroid dienone is 1. The van der Waals surface area contributed by atoms with Crippen molar-refractivity contribution in [3.63, 3.8) is 0 Å². The molecule has 8 nitrogen and oxygen atoms in total. The molecule has 0 aromatic rings. The molecule has 0 aromatic carbocycles. The molecule has 2 aliphatic carbocycles. The number of esters is 3. The standard InChI is InChI=1S/C21H27IO8/c1-10(23)26-9-15-18(27-11(2)24)19(28-12(3)25)17-20(29-15)30-16-8-14(22)7-13-5-4-6-21(13,16)17/h7,13,15-20H,4-6,8-9H2,1-3H3/t13-,15-,16+,17-,18-,19-,20-,21+/m1/s1. The Morgan fingerprint density at radius 2 is 1.80 bits per heavy atom. The fraction of sp³-hybridized carbons (Fsp3) is 0.762. The summed E-state index contributed by atoms with van der Waals surface area (Å²) in [6.45, 7) is 3.83. The average molecular weight is 534 g/mol. The van der Waals surface area contributed by atoms with E-state index in [0.29, 0.717) is 5.92 Å².